The van der Waals surface area contributed by atoms with Gasteiger partial charge in [-0.3, -0.25) is 0 Å². The minimum absolute atomic E-state index is 0.143. The summed E-state index contributed by atoms with van der Waals surface area (Å²) < 4.78 is 10.7. The molecule has 1 aliphatic rings. The van der Waals surface area contributed by atoms with Gasteiger partial charge in [-0.2, -0.15) is 0 Å². The molecular weight excluding hydrogens is 148 g/mol. The van der Waals surface area contributed by atoms with Crippen LogP contribution in [0.4, 0.5) is 0 Å². The Labute approximate surface area is 67.3 Å². The highest BCUT2D eigenvalue weighted by atomic mass is 32.1. The SMILES string of the molecule is CC([SH2+])OCC1CCCO1. The molecule has 0 aromatic carbocycles. The maximum absolute atomic E-state index is 5.36. The van der Waals surface area contributed by atoms with Gasteiger partial charge in [0.25, 0.3) is 0 Å². The lowest BCUT2D eigenvalue weighted by Gasteiger charge is -2.08. The van der Waals surface area contributed by atoms with E-state index in [4.69, 9.17) is 9.47 Å². The minimum atomic E-state index is 0.143. The smallest absolute Gasteiger partial charge is 0.210 e. The molecule has 0 amide bonds. The summed E-state index contributed by atoms with van der Waals surface area (Å²) in [5, 5.41) is 0. The van der Waals surface area contributed by atoms with E-state index in [0.717, 1.165) is 19.6 Å². The van der Waals surface area contributed by atoms with Gasteiger partial charge in [-0.15, -0.1) is 0 Å². The molecule has 1 aliphatic heterocycles. The molecule has 2 atom stereocenters. The zero-order valence-electron chi connectivity index (χ0n) is 6.30. The summed E-state index contributed by atoms with van der Waals surface area (Å²) in [4.78, 5) is 0. The molecule has 0 N–H and O–H groups in total. The van der Waals surface area contributed by atoms with Crippen LogP contribution in [0.15, 0.2) is 0 Å². The first-order valence-electron chi connectivity index (χ1n) is 3.73. The molecule has 0 radical (unpaired) electrons. The van der Waals surface area contributed by atoms with E-state index >= 15 is 0 Å². The van der Waals surface area contributed by atoms with Crippen LogP contribution in [-0.2, 0) is 22.1 Å². The van der Waals surface area contributed by atoms with Gasteiger partial charge in [0, 0.05) is 13.5 Å². The summed E-state index contributed by atoms with van der Waals surface area (Å²) in [7, 11) is 0. The predicted molar refractivity (Wildman–Crippen MR) is 44.5 cm³/mol. The number of hydrogen-bond acceptors (Lipinski definition) is 2. The summed E-state index contributed by atoms with van der Waals surface area (Å²) in [5.74, 6) is 0. The molecule has 1 fully saturated rings. The van der Waals surface area contributed by atoms with Crippen molar-refractivity contribution in [1.82, 2.24) is 0 Å². The van der Waals surface area contributed by atoms with E-state index in [1.54, 1.807) is 0 Å². The number of rotatable bonds is 3. The van der Waals surface area contributed by atoms with Crippen LogP contribution in [0.3, 0.4) is 0 Å². The zero-order chi connectivity index (χ0) is 7.40. The summed E-state index contributed by atoms with van der Waals surface area (Å²) in [6, 6.07) is 0. The second-order valence-corrected chi connectivity index (χ2v) is 3.42. The molecule has 0 saturated carbocycles. The number of ether oxygens (including phenoxy) is 2. The Kier molecular flexibility index (Phi) is 3.52. The lowest BCUT2D eigenvalue weighted by atomic mass is 10.2. The van der Waals surface area contributed by atoms with Crippen LogP contribution in [0.25, 0.3) is 0 Å². The molecule has 1 rings (SSSR count). The molecule has 3 heteroatoms. The lowest BCUT2D eigenvalue weighted by molar-refractivity contribution is 0.0126. The minimum Gasteiger partial charge on any atom is -0.376 e. The summed E-state index contributed by atoms with van der Waals surface area (Å²) >= 11 is 3.35. The van der Waals surface area contributed by atoms with Gasteiger partial charge in [0.1, 0.15) is 0 Å². The highest BCUT2D eigenvalue weighted by Crippen LogP contribution is 2.12. The Morgan fingerprint density at radius 1 is 1.80 bits per heavy atom. The van der Waals surface area contributed by atoms with Crippen LogP contribution < -0.4 is 0 Å². The number of hydrogen-bond donors (Lipinski definition) is 0. The average Bonchev–Trinajstić information content (AvgIpc) is 2.34. The molecule has 60 valence electrons. The van der Waals surface area contributed by atoms with Gasteiger partial charge < -0.3 is 9.47 Å². The van der Waals surface area contributed by atoms with Gasteiger partial charge in [0.05, 0.1) is 12.7 Å². The normalized spacial score (nSPS) is 28.8. The maximum atomic E-state index is 5.36. The molecule has 2 unspecified atom stereocenters. The second-order valence-electron chi connectivity index (χ2n) is 2.61. The molecule has 1 saturated heterocycles. The molecule has 0 aliphatic carbocycles. The van der Waals surface area contributed by atoms with Gasteiger partial charge in [0.15, 0.2) is 0 Å². The van der Waals surface area contributed by atoms with E-state index < -0.39 is 0 Å². The molecular formula is C7H15O2S+. The van der Waals surface area contributed by atoms with Crippen molar-refractivity contribution in [2.24, 2.45) is 0 Å². The van der Waals surface area contributed by atoms with Crippen LogP contribution >= 0.6 is 0 Å². The highest BCUT2D eigenvalue weighted by molar-refractivity contribution is 7.59. The third kappa shape index (κ3) is 2.90. The van der Waals surface area contributed by atoms with E-state index in [-0.39, 0.29) is 5.44 Å². The Morgan fingerprint density at radius 3 is 3.10 bits per heavy atom. The van der Waals surface area contributed by atoms with Crippen LogP contribution in [0.1, 0.15) is 19.8 Å². The monoisotopic (exact) mass is 163 g/mol. The Balaban J connectivity index is 2.01. The van der Waals surface area contributed by atoms with E-state index in [9.17, 15) is 0 Å². The van der Waals surface area contributed by atoms with E-state index in [2.05, 4.69) is 12.6 Å². The first-order chi connectivity index (χ1) is 4.79. The van der Waals surface area contributed by atoms with Gasteiger partial charge >= 0.3 is 0 Å². The highest BCUT2D eigenvalue weighted by Gasteiger charge is 2.16. The Morgan fingerprint density at radius 2 is 2.60 bits per heavy atom. The van der Waals surface area contributed by atoms with Crippen LogP contribution in [0.2, 0.25) is 0 Å². The fourth-order valence-electron chi connectivity index (χ4n) is 1.03. The largest absolute Gasteiger partial charge is 0.376 e. The van der Waals surface area contributed by atoms with Crippen molar-refractivity contribution in [3.63, 3.8) is 0 Å². The van der Waals surface area contributed by atoms with Crippen molar-refractivity contribution in [1.29, 1.82) is 0 Å². The quantitative estimate of drug-likeness (QED) is 0.565. The summed E-state index contributed by atoms with van der Waals surface area (Å²) in [6.45, 7) is 3.60. The fraction of sp³-hybridized carbons (Fsp3) is 1.00. The van der Waals surface area contributed by atoms with Crippen molar-refractivity contribution in [3.05, 3.63) is 0 Å². The topological polar surface area (TPSA) is 18.5 Å². The third-order valence-corrected chi connectivity index (χ3v) is 1.72. The lowest BCUT2D eigenvalue weighted by Crippen LogP contribution is -2.17. The third-order valence-electron chi connectivity index (χ3n) is 1.56. The van der Waals surface area contributed by atoms with Gasteiger partial charge in [0.2, 0.25) is 5.44 Å². The van der Waals surface area contributed by atoms with Gasteiger partial charge in [-0.05, 0) is 25.5 Å². The van der Waals surface area contributed by atoms with Gasteiger partial charge in [-0.25, -0.2) is 0 Å². The van der Waals surface area contributed by atoms with E-state index in [1.807, 2.05) is 6.92 Å². The molecule has 0 bridgehead atoms. The molecule has 10 heavy (non-hydrogen) atoms. The van der Waals surface area contributed by atoms with Crippen LogP contribution in [0, 0.1) is 0 Å². The van der Waals surface area contributed by atoms with Crippen LogP contribution in [-0.4, -0.2) is 24.8 Å². The van der Waals surface area contributed by atoms with Gasteiger partial charge in [-0.1, -0.05) is 0 Å². The van der Waals surface area contributed by atoms with Crippen molar-refractivity contribution in [2.45, 2.75) is 31.3 Å². The van der Waals surface area contributed by atoms with Crippen molar-refractivity contribution in [3.8, 4) is 0 Å². The first-order valence-corrected chi connectivity index (χ1v) is 4.31. The summed E-state index contributed by atoms with van der Waals surface area (Å²) in [6.07, 6.45) is 2.68. The van der Waals surface area contributed by atoms with Crippen LogP contribution in [0.5, 0.6) is 0 Å². The Bertz CT molecular complexity index is 89.6. The maximum Gasteiger partial charge on any atom is 0.210 e. The van der Waals surface area contributed by atoms with Crippen molar-refractivity contribution >= 4 is 12.6 Å². The molecule has 2 nitrogen and oxygen atoms in total. The second kappa shape index (κ2) is 4.21. The molecule has 0 aromatic heterocycles. The predicted octanol–water partition coefficient (Wildman–Crippen LogP) is 0.539. The molecule has 0 aromatic rings. The first kappa shape index (κ1) is 8.37. The van der Waals surface area contributed by atoms with E-state index in [1.165, 1.54) is 6.42 Å². The standard InChI is InChI=1S/C7H14O2S/c1-6(10)9-5-7-3-2-4-8-7/h6-7,10H,2-5H2,1H3/p+1. The zero-order valence-corrected chi connectivity index (χ0v) is 7.30. The van der Waals surface area contributed by atoms with E-state index in [0.29, 0.717) is 6.10 Å². The van der Waals surface area contributed by atoms with Crippen molar-refractivity contribution < 1.29 is 9.47 Å². The summed E-state index contributed by atoms with van der Waals surface area (Å²) in [5.41, 5.74) is 0.143. The fourth-order valence-corrected chi connectivity index (χ4v) is 1.12. The average molecular weight is 163 g/mol. The van der Waals surface area contributed by atoms with Crippen molar-refractivity contribution in [2.75, 3.05) is 13.2 Å². The molecule has 1 heterocycles. The molecule has 0 spiro atoms. The Hall–Kier alpha value is 0.270.